The van der Waals surface area contributed by atoms with E-state index in [1.54, 1.807) is 0 Å². The van der Waals surface area contributed by atoms with E-state index < -0.39 is 20.0 Å². The number of hydrogen-bond donors (Lipinski definition) is 3. The molecule has 0 rings (SSSR count). The van der Waals surface area contributed by atoms with Gasteiger partial charge in [0.05, 0.1) is 39.9 Å². The van der Waals surface area contributed by atoms with E-state index in [1.807, 2.05) is 21.1 Å². The van der Waals surface area contributed by atoms with Gasteiger partial charge in [-0.05, 0) is 51.4 Å². The van der Waals surface area contributed by atoms with Crippen LogP contribution in [0, 0.1) is 0 Å². The van der Waals surface area contributed by atoms with Crippen LogP contribution in [0.1, 0.15) is 251 Å². The standard InChI is InChI=1S/C54H105N2O6P/c1-6-8-10-12-14-15-16-17-18-19-20-21-22-23-24-25-26-27-28-29-30-31-32-33-34-35-36-37-38-39-40-41-42-44-46-48-54(58)55-52(53(57)47-45-43-13-11-9-7-2)51-62-63(59,60)61-50-49-56(3,4)5/h16-17,19-20,22-23,52-53,57H,6-15,18,21,24-51H2,1-5H3,(H-,55,58,59,60)/p+1/b17-16-,20-19-,23-22-. The van der Waals surface area contributed by atoms with E-state index in [0.29, 0.717) is 23.9 Å². The summed E-state index contributed by atoms with van der Waals surface area (Å²) in [7, 11) is 1.62. The Labute approximate surface area is 391 Å². The molecule has 0 saturated carbocycles. The van der Waals surface area contributed by atoms with E-state index >= 15 is 0 Å². The Bertz CT molecular complexity index is 1120. The number of unbranched alkanes of at least 4 members (excludes halogenated alkanes) is 30. The number of aliphatic hydroxyl groups excluding tert-OH is 1. The molecule has 3 atom stereocenters. The number of allylic oxidation sites excluding steroid dienone is 6. The Balaban J connectivity index is 3.79. The molecule has 0 aromatic rings. The van der Waals surface area contributed by atoms with Crippen molar-refractivity contribution in [1.82, 2.24) is 5.32 Å². The number of nitrogens with one attached hydrogen (secondary N) is 1. The molecular formula is C54H106N2O6P+. The number of hydrogen-bond acceptors (Lipinski definition) is 5. The van der Waals surface area contributed by atoms with E-state index in [4.69, 9.17) is 9.05 Å². The van der Waals surface area contributed by atoms with Gasteiger partial charge in [0.15, 0.2) is 0 Å². The molecule has 0 aliphatic rings. The molecule has 0 radical (unpaired) electrons. The molecule has 8 nitrogen and oxygen atoms in total. The zero-order valence-electron chi connectivity index (χ0n) is 42.3. The molecule has 0 aliphatic carbocycles. The number of amides is 1. The molecule has 0 aliphatic heterocycles. The second kappa shape index (κ2) is 45.9. The summed E-state index contributed by atoms with van der Waals surface area (Å²) in [6.45, 7) is 4.82. The van der Waals surface area contributed by atoms with Crippen LogP contribution < -0.4 is 5.32 Å². The molecule has 0 bridgehead atoms. The van der Waals surface area contributed by atoms with Crippen LogP contribution >= 0.6 is 7.82 Å². The van der Waals surface area contributed by atoms with E-state index in [1.165, 1.54) is 173 Å². The molecule has 63 heavy (non-hydrogen) atoms. The first-order valence-corrected chi connectivity index (χ1v) is 28.3. The van der Waals surface area contributed by atoms with Gasteiger partial charge in [-0.2, -0.15) is 0 Å². The van der Waals surface area contributed by atoms with Crippen LogP contribution in [0.15, 0.2) is 36.5 Å². The fraction of sp³-hybridized carbons (Fsp3) is 0.870. The summed E-state index contributed by atoms with van der Waals surface area (Å²) in [5, 5.41) is 13.8. The predicted octanol–water partition coefficient (Wildman–Crippen LogP) is 15.8. The first kappa shape index (κ1) is 61.7. The van der Waals surface area contributed by atoms with Crippen LogP contribution in [-0.2, 0) is 18.4 Å². The highest BCUT2D eigenvalue weighted by Gasteiger charge is 2.28. The van der Waals surface area contributed by atoms with Gasteiger partial charge in [-0.25, -0.2) is 4.57 Å². The van der Waals surface area contributed by atoms with Crippen molar-refractivity contribution in [2.75, 3.05) is 40.9 Å². The van der Waals surface area contributed by atoms with E-state index in [0.717, 1.165) is 51.4 Å². The van der Waals surface area contributed by atoms with Crippen LogP contribution in [0.2, 0.25) is 0 Å². The SMILES string of the molecule is CCCCCCC/C=C\C/C=C\C/C=C\CCCCCCCCCCCCCCCCCCCCCCC(=O)NC(COP(=O)(O)OCC[N+](C)(C)C)C(O)CCCCCCCC. The Kier molecular flexibility index (Phi) is 44.9. The third-order valence-corrected chi connectivity index (χ3v) is 13.1. The van der Waals surface area contributed by atoms with Crippen molar-refractivity contribution in [2.24, 2.45) is 0 Å². The molecule has 3 N–H and O–H groups in total. The van der Waals surface area contributed by atoms with Crippen molar-refractivity contribution in [3.63, 3.8) is 0 Å². The Hall–Kier alpha value is -1.28. The van der Waals surface area contributed by atoms with Crippen LogP contribution in [0.3, 0.4) is 0 Å². The lowest BCUT2D eigenvalue weighted by Gasteiger charge is -2.26. The lowest BCUT2D eigenvalue weighted by molar-refractivity contribution is -0.870. The number of phosphoric ester groups is 1. The monoisotopic (exact) mass is 910 g/mol. The maximum atomic E-state index is 12.8. The molecule has 0 saturated heterocycles. The number of quaternary nitrogens is 1. The minimum absolute atomic E-state index is 0.0752. The van der Waals surface area contributed by atoms with Gasteiger partial charge in [0.2, 0.25) is 5.91 Å². The van der Waals surface area contributed by atoms with E-state index in [9.17, 15) is 19.4 Å². The number of carbonyl (C=O) groups is 1. The number of carbonyl (C=O) groups excluding carboxylic acids is 1. The molecule has 0 heterocycles. The molecular weight excluding hydrogens is 804 g/mol. The fourth-order valence-corrected chi connectivity index (χ4v) is 8.61. The summed E-state index contributed by atoms with van der Waals surface area (Å²) >= 11 is 0. The molecule has 0 aromatic carbocycles. The van der Waals surface area contributed by atoms with Gasteiger partial charge in [0, 0.05) is 6.42 Å². The van der Waals surface area contributed by atoms with Crippen molar-refractivity contribution in [2.45, 2.75) is 264 Å². The Morgan fingerprint density at radius 1 is 0.540 bits per heavy atom. The number of aliphatic hydroxyl groups is 1. The van der Waals surface area contributed by atoms with Gasteiger partial charge in [-0.1, -0.05) is 230 Å². The average molecular weight is 910 g/mol. The third kappa shape index (κ3) is 48.5. The number of phosphoric acid groups is 1. The summed E-state index contributed by atoms with van der Waals surface area (Å²) < 4.78 is 23.5. The maximum absolute atomic E-state index is 12.8. The van der Waals surface area contributed by atoms with Crippen LogP contribution in [0.5, 0.6) is 0 Å². The zero-order valence-corrected chi connectivity index (χ0v) is 43.2. The summed E-state index contributed by atoms with van der Waals surface area (Å²) in [5.74, 6) is -0.147. The molecule has 0 spiro atoms. The van der Waals surface area contributed by atoms with E-state index in [2.05, 4.69) is 55.6 Å². The normalized spacial score (nSPS) is 14.3. The van der Waals surface area contributed by atoms with Crippen molar-refractivity contribution in [3.05, 3.63) is 36.5 Å². The Morgan fingerprint density at radius 3 is 1.32 bits per heavy atom. The molecule has 372 valence electrons. The lowest BCUT2D eigenvalue weighted by atomic mass is 10.0. The van der Waals surface area contributed by atoms with Crippen molar-refractivity contribution >= 4 is 13.7 Å². The van der Waals surface area contributed by atoms with Gasteiger partial charge in [-0.15, -0.1) is 0 Å². The largest absolute Gasteiger partial charge is 0.472 e. The quantitative estimate of drug-likeness (QED) is 0.0243. The van der Waals surface area contributed by atoms with Gasteiger partial charge >= 0.3 is 7.82 Å². The highest BCUT2D eigenvalue weighted by molar-refractivity contribution is 7.47. The first-order valence-electron chi connectivity index (χ1n) is 26.9. The molecule has 3 unspecified atom stereocenters. The molecule has 1 amide bonds. The molecule has 0 fully saturated rings. The van der Waals surface area contributed by atoms with Gasteiger partial charge in [0.1, 0.15) is 13.2 Å². The number of likely N-dealkylation sites (N-methyl/N-ethyl adjacent to an activating group) is 1. The highest BCUT2D eigenvalue weighted by Crippen LogP contribution is 2.43. The summed E-state index contributed by atoms with van der Waals surface area (Å²) in [6.07, 6.45) is 58.2. The van der Waals surface area contributed by atoms with Crippen molar-refractivity contribution < 1.29 is 32.9 Å². The summed E-state index contributed by atoms with van der Waals surface area (Å²) in [5.41, 5.74) is 0. The number of nitrogens with zero attached hydrogens (tertiary/aromatic N) is 1. The van der Waals surface area contributed by atoms with Crippen LogP contribution in [0.4, 0.5) is 0 Å². The van der Waals surface area contributed by atoms with E-state index in [-0.39, 0.29) is 19.1 Å². The minimum atomic E-state index is -4.30. The summed E-state index contributed by atoms with van der Waals surface area (Å²) in [4.78, 5) is 23.1. The van der Waals surface area contributed by atoms with Crippen molar-refractivity contribution in [3.8, 4) is 0 Å². The van der Waals surface area contributed by atoms with Crippen LogP contribution in [-0.4, -0.2) is 73.4 Å². The Morgan fingerprint density at radius 2 is 0.905 bits per heavy atom. The molecule has 0 aromatic heterocycles. The predicted molar refractivity (Wildman–Crippen MR) is 272 cm³/mol. The lowest BCUT2D eigenvalue weighted by Crippen LogP contribution is -2.46. The van der Waals surface area contributed by atoms with Crippen molar-refractivity contribution in [1.29, 1.82) is 0 Å². The summed E-state index contributed by atoms with van der Waals surface area (Å²) in [6, 6.07) is -0.755. The minimum Gasteiger partial charge on any atom is -0.391 e. The first-order chi connectivity index (χ1) is 30.5. The zero-order chi connectivity index (χ0) is 46.4. The second-order valence-corrected chi connectivity index (χ2v) is 21.1. The average Bonchev–Trinajstić information content (AvgIpc) is 3.24. The molecule has 9 heteroatoms. The maximum Gasteiger partial charge on any atom is 0.472 e. The highest BCUT2D eigenvalue weighted by atomic mass is 31.2. The second-order valence-electron chi connectivity index (χ2n) is 19.6. The fourth-order valence-electron chi connectivity index (χ4n) is 7.88. The van der Waals surface area contributed by atoms with Gasteiger partial charge in [0.25, 0.3) is 0 Å². The smallest absolute Gasteiger partial charge is 0.391 e. The van der Waals surface area contributed by atoms with Crippen LogP contribution in [0.25, 0.3) is 0 Å². The third-order valence-electron chi connectivity index (χ3n) is 12.1. The van der Waals surface area contributed by atoms with Gasteiger partial charge < -0.3 is 19.8 Å². The topological polar surface area (TPSA) is 105 Å². The van der Waals surface area contributed by atoms with Gasteiger partial charge in [-0.3, -0.25) is 13.8 Å². The number of rotatable bonds is 49.